The second-order valence-corrected chi connectivity index (χ2v) is 27.4. The standard InChI is InChI=1S/C59H94O26/c1-8-9-10-11-35(66)81-48-47(74)54(2,3)20-27-26-12-13-32-55(4)16-15-34(56(5,18-19-60)31(55)14-17-57(32,6)58(26,7)21-33(65)59(27,48)25-62)80-53-46(85-51-41(72)39(70)38(69)30(22-61)79-51)43(42(73)44(83-53)49(75)76)82-52-45(37(68)29(64)24-78-52)84-50-40(71)36(67)28(63)23-77-50/h10-12,27-34,36-48,50-53,60-65,67-74H,8-9,13-25H2,1-7H3,(H,75,76)/b11-10-/t27-,28+,29-,30+,31+,32+,33+,34-,36-,37-,38-,39-,40+,41+,42-,43-,44-,45+,46+,47-,48-,50-,51-,52-,53+,55-,56-,57+,58+,59-/m0/s1. The maximum atomic E-state index is 13.4. The van der Waals surface area contributed by atoms with E-state index < -0.39 is 212 Å². The molecule has 26 nitrogen and oxygen atoms in total. The number of allylic oxidation sites excluding steroid dienone is 3. The third-order valence-corrected chi connectivity index (χ3v) is 22.4. The molecule has 4 aliphatic heterocycles. The van der Waals surface area contributed by atoms with Gasteiger partial charge in [-0.1, -0.05) is 72.6 Å². The Bertz CT molecular complexity index is 2390. The summed E-state index contributed by atoms with van der Waals surface area (Å²) in [5.74, 6) is -3.18. The minimum atomic E-state index is -2.24. The van der Waals surface area contributed by atoms with Crippen molar-refractivity contribution in [3.63, 3.8) is 0 Å². The molecule has 26 heteroatoms. The van der Waals surface area contributed by atoms with Crippen LogP contribution in [-0.4, -0.2) is 257 Å². The van der Waals surface area contributed by atoms with E-state index in [0.717, 1.165) is 12.0 Å². The Kier molecular flexibility index (Phi) is 19.9. The summed E-state index contributed by atoms with van der Waals surface area (Å²) >= 11 is 0. The molecule has 0 unspecified atom stereocenters. The van der Waals surface area contributed by atoms with Gasteiger partial charge >= 0.3 is 11.9 Å². The molecule has 85 heavy (non-hydrogen) atoms. The number of rotatable bonds is 17. The molecule has 30 atom stereocenters. The molecule has 8 fully saturated rings. The SMILES string of the molecule is CCC/C=C\C(=O)O[C@H]1[C@H](O)C(C)(C)C[C@H]2C3=CC[C@@H]4[C@@]5(C)CC[C@H](O[C@@H]6O[C@H](C(=O)O)[C@@H](O)[C@H](O[C@@H]7OC[C@H](O)[C@H](O)[C@H]7O[C@@H]7OC[C@@H](O)[C@H](O)[C@H]7O)[C@H]6O[C@@H]6O[C@H](CO)[C@H](O)[C@H](O)[C@H]6O)[C@@](C)(CCO)[C@@H]5CC[C@@]4(C)[C@]3(C)C[C@@H](O)[C@]21CO. The Morgan fingerprint density at radius 1 is 0.682 bits per heavy atom. The third kappa shape index (κ3) is 11.3. The quantitative estimate of drug-likeness (QED) is 0.0324. The van der Waals surface area contributed by atoms with Gasteiger partial charge in [0.25, 0.3) is 0 Å². The fourth-order valence-electron chi connectivity index (χ4n) is 17.3. The number of aliphatic carboxylic acids is 1. The van der Waals surface area contributed by atoms with Crippen molar-refractivity contribution in [1.82, 2.24) is 0 Å². The smallest absolute Gasteiger partial charge is 0.335 e. The molecule has 9 rings (SSSR count). The fraction of sp³-hybridized carbons (Fsp3) is 0.898. The van der Waals surface area contributed by atoms with Gasteiger partial charge in [-0.25, -0.2) is 9.59 Å². The normalized spacial score (nSPS) is 51.6. The summed E-state index contributed by atoms with van der Waals surface area (Å²) in [5.41, 5.74) is -3.86. The molecular weight excluding hydrogens is 1120 g/mol. The largest absolute Gasteiger partial charge is 0.479 e. The van der Waals surface area contributed by atoms with Crippen molar-refractivity contribution < 1.29 is 129 Å². The van der Waals surface area contributed by atoms with Crippen molar-refractivity contribution in [3.8, 4) is 0 Å². The van der Waals surface area contributed by atoms with E-state index in [2.05, 4.69) is 26.8 Å². The van der Waals surface area contributed by atoms with Crippen molar-refractivity contribution in [1.29, 1.82) is 0 Å². The Labute approximate surface area is 494 Å². The summed E-state index contributed by atoms with van der Waals surface area (Å²) in [4.78, 5) is 26.6. The van der Waals surface area contributed by atoms with Crippen LogP contribution in [0.5, 0.6) is 0 Å². The molecule has 4 saturated heterocycles. The second kappa shape index (κ2) is 25.3. The molecule has 0 spiro atoms. The number of hydrogen-bond acceptors (Lipinski definition) is 25. The minimum absolute atomic E-state index is 0.0645. The molecule has 0 aromatic rings. The Balaban J connectivity index is 1.05. The van der Waals surface area contributed by atoms with Gasteiger partial charge in [0.1, 0.15) is 85.5 Å². The van der Waals surface area contributed by atoms with Crippen LogP contribution in [0.15, 0.2) is 23.8 Å². The van der Waals surface area contributed by atoms with Crippen molar-refractivity contribution in [3.05, 3.63) is 23.8 Å². The van der Waals surface area contributed by atoms with Crippen molar-refractivity contribution in [2.45, 2.75) is 248 Å². The molecule has 0 radical (unpaired) electrons. The predicted octanol–water partition coefficient (Wildman–Crippen LogP) is -2.01. The molecule has 486 valence electrons. The molecule has 0 aromatic carbocycles. The number of ether oxygens (including phenoxy) is 9. The first-order valence-electron chi connectivity index (χ1n) is 30.2. The Hall–Kier alpha value is -2.46. The first kappa shape index (κ1) is 66.9. The summed E-state index contributed by atoms with van der Waals surface area (Å²) in [6.07, 6.45) is -28.7. The van der Waals surface area contributed by atoms with E-state index in [1.165, 1.54) is 6.08 Å². The van der Waals surface area contributed by atoms with E-state index in [1.54, 1.807) is 6.08 Å². The highest BCUT2D eigenvalue weighted by molar-refractivity contribution is 5.82. The van der Waals surface area contributed by atoms with Gasteiger partial charge in [-0.3, -0.25) is 0 Å². The lowest BCUT2D eigenvalue weighted by atomic mass is 9.32. The zero-order valence-corrected chi connectivity index (χ0v) is 49.5. The number of carboxylic acid groups (broad SMARTS) is 1. The minimum Gasteiger partial charge on any atom is -0.479 e. The van der Waals surface area contributed by atoms with Gasteiger partial charge in [-0.05, 0) is 103 Å². The average molecular weight is 1220 g/mol. The molecule has 5 aliphatic carbocycles. The van der Waals surface area contributed by atoms with Crippen LogP contribution in [-0.2, 0) is 52.2 Å². The fourth-order valence-corrected chi connectivity index (χ4v) is 17.3. The van der Waals surface area contributed by atoms with Crippen molar-refractivity contribution in [2.24, 2.45) is 50.2 Å². The van der Waals surface area contributed by atoms with Crippen LogP contribution in [0.4, 0.5) is 0 Å². The summed E-state index contributed by atoms with van der Waals surface area (Å²) in [7, 11) is 0. The predicted molar refractivity (Wildman–Crippen MR) is 289 cm³/mol. The number of carbonyl (C=O) groups is 2. The van der Waals surface area contributed by atoms with Gasteiger partial charge in [0.15, 0.2) is 31.3 Å². The highest BCUT2D eigenvalue weighted by Gasteiger charge is 2.74. The Morgan fingerprint density at radius 2 is 1.33 bits per heavy atom. The van der Waals surface area contributed by atoms with Gasteiger partial charge in [-0.15, -0.1) is 0 Å². The first-order valence-corrected chi connectivity index (χ1v) is 30.2. The lowest BCUT2D eigenvalue weighted by Crippen LogP contribution is -2.72. The number of carboxylic acids is 1. The van der Waals surface area contributed by atoms with Crippen molar-refractivity contribution in [2.75, 3.05) is 33.0 Å². The summed E-state index contributed by atoms with van der Waals surface area (Å²) in [6.45, 7) is 11.5. The van der Waals surface area contributed by atoms with Crippen LogP contribution in [0.25, 0.3) is 0 Å². The van der Waals surface area contributed by atoms with Crippen LogP contribution in [0.1, 0.15) is 113 Å². The van der Waals surface area contributed by atoms with Gasteiger partial charge in [-0.2, -0.15) is 0 Å². The van der Waals surface area contributed by atoms with E-state index in [4.69, 9.17) is 42.6 Å². The molecule has 0 amide bonds. The number of aliphatic hydroxyl groups excluding tert-OH is 14. The third-order valence-electron chi connectivity index (χ3n) is 22.4. The molecule has 15 N–H and O–H groups in total. The highest BCUT2D eigenvalue weighted by Crippen LogP contribution is 2.76. The number of esters is 1. The van der Waals surface area contributed by atoms with E-state index in [9.17, 15) is 86.2 Å². The first-order chi connectivity index (χ1) is 40.0. The topological polar surface area (TPSA) is 421 Å². The van der Waals surface area contributed by atoms with Crippen LogP contribution < -0.4 is 0 Å². The molecule has 0 aromatic heterocycles. The molecule has 9 aliphatic rings. The number of unbranched alkanes of at least 4 members (excludes halogenated alkanes) is 1. The molecule has 0 bridgehead atoms. The second-order valence-electron chi connectivity index (χ2n) is 27.4. The lowest BCUT2D eigenvalue weighted by Gasteiger charge is -2.73. The van der Waals surface area contributed by atoms with E-state index in [-0.39, 0.29) is 37.7 Å². The number of aliphatic hydroxyl groups is 14. The maximum Gasteiger partial charge on any atom is 0.335 e. The van der Waals surface area contributed by atoms with E-state index in [1.807, 2.05) is 27.7 Å². The summed E-state index contributed by atoms with van der Waals surface area (Å²) < 4.78 is 54.8. The summed E-state index contributed by atoms with van der Waals surface area (Å²) in [6, 6.07) is 0. The molecule has 4 saturated carbocycles. The highest BCUT2D eigenvalue weighted by atomic mass is 16.8. The maximum absolute atomic E-state index is 13.4. The van der Waals surface area contributed by atoms with E-state index >= 15 is 0 Å². The monoisotopic (exact) mass is 1220 g/mol. The van der Waals surface area contributed by atoms with Crippen LogP contribution in [0.2, 0.25) is 0 Å². The summed E-state index contributed by atoms with van der Waals surface area (Å²) in [5, 5.41) is 167. The molecule has 4 heterocycles. The Morgan fingerprint density at radius 3 is 1.98 bits per heavy atom. The van der Waals surface area contributed by atoms with E-state index in [0.29, 0.717) is 38.5 Å². The van der Waals surface area contributed by atoms with Gasteiger partial charge in [0.05, 0.1) is 50.2 Å². The van der Waals surface area contributed by atoms with Gasteiger partial charge in [0, 0.05) is 12.7 Å². The van der Waals surface area contributed by atoms with Crippen LogP contribution in [0.3, 0.4) is 0 Å². The van der Waals surface area contributed by atoms with Gasteiger partial charge < -0.3 is 119 Å². The zero-order chi connectivity index (χ0) is 62.3. The van der Waals surface area contributed by atoms with Gasteiger partial charge in [0.2, 0.25) is 0 Å². The molecular formula is C59H94O26. The van der Waals surface area contributed by atoms with Crippen molar-refractivity contribution >= 4 is 11.9 Å². The number of carbonyl (C=O) groups excluding carboxylic acids is 1. The number of hydrogen-bond donors (Lipinski definition) is 15. The van der Waals surface area contributed by atoms with Crippen LogP contribution in [0, 0.1) is 50.2 Å². The lowest BCUT2D eigenvalue weighted by molar-refractivity contribution is -0.399. The van der Waals surface area contributed by atoms with Crippen LogP contribution >= 0.6 is 0 Å². The average Bonchev–Trinajstić information content (AvgIpc) is 2.66. The number of fused-ring (bicyclic) bond motifs is 7. The zero-order valence-electron chi connectivity index (χ0n) is 49.5.